The maximum Gasteiger partial charge on any atom is 0.306 e. The van der Waals surface area contributed by atoms with E-state index in [4.69, 9.17) is 14.7 Å². The molecule has 0 aromatic heterocycles. The zero-order valence-corrected chi connectivity index (χ0v) is 20.1. The van der Waals surface area contributed by atoms with Crippen molar-refractivity contribution in [1.82, 2.24) is 0 Å². The maximum absolute atomic E-state index is 11.9. The van der Waals surface area contributed by atoms with Crippen molar-refractivity contribution in [2.75, 3.05) is 13.2 Å². The highest BCUT2D eigenvalue weighted by Crippen LogP contribution is 2.59. The van der Waals surface area contributed by atoms with E-state index < -0.39 is 0 Å². The van der Waals surface area contributed by atoms with Gasteiger partial charge < -0.3 is 14.7 Å². The zero-order valence-electron chi connectivity index (χ0n) is 20.1. The smallest absolute Gasteiger partial charge is 0.306 e. The summed E-state index contributed by atoms with van der Waals surface area (Å²) in [6.07, 6.45) is 4.66. The van der Waals surface area contributed by atoms with E-state index >= 15 is 0 Å². The highest BCUT2D eigenvalue weighted by molar-refractivity contribution is 5.94. The Hall–Kier alpha value is -1.92. The van der Waals surface area contributed by atoms with Crippen molar-refractivity contribution in [2.24, 2.45) is 52.0 Å². The minimum atomic E-state index is -0.218. The molecule has 1 unspecified atom stereocenters. The molecular weight excluding hydrogens is 410 g/mol. The van der Waals surface area contributed by atoms with E-state index in [9.17, 15) is 14.4 Å². The summed E-state index contributed by atoms with van der Waals surface area (Å²) in [5, 5.41) is 12.6. The summed E-state index contributed by atoms with van der Waals surface area (Å²) >= 11 is 0. The van der Waals surface area contributed by atoms with Gasteiger partial charge in [0.1, 0.15) is 5.78 Å². The maximum atomic E-state index is 11.9. The summed E-state index contributed by atoms with van der Waals surface area (Å²) in [7, 11) is 0. The van der Waals surface area contributed by atoms with Crippen LogP contribution in [0.25, 0.3) is 0 Å². The molecule has 7 nitrogen and oxygen atoms in total. The summed E-state index contributed by atoms with van der Waals surface area (Å²) < 4.78 is 9.84. The predicted molar refractivity (Wildman–Crippen MR) is 119 cm³/mol. The van der Waals surface area contributed by atoms with Crippen molar-refractivity contribution >= 4 is 23.4 Å². The first-order valence-electron chi connectivity index (χ1n) is 12.2. The molecule has 0 amide bonds. The molecule has 6 fully saturated rings. The summed E-state index contributed by atoms with van der Waals surface area (Å²) in [4.78, 5) is 34.7. The third kappa shape index (κ3) is 4.72. The first-order valence-corrected chi connectivity index (χ1v) is 12.2. The van der Waals surface area contributed by atoms with Gasteiger partial charge in [-0.3, -0.25) is 14.4 Å². The minimum Gasteiger partial charge on any atom is -0.466 e. The Balaban J connectivity index is 0.000000182. The Bertz CT molecular complexity index is 760. The zero-order chi connectivity index (χ0) is 23.6. The largest absolute Gasteiger partial charge is 0.466 e. The van der Waals surface area contributed by atoms with Crippen LogP contribution < -0.4 is 0 Å². The molecule has 0 radical (unpaired) electrons. The van der Waals surface area contributed by atoms with Crippen LogP contribution in [-0.2, 0) is 23.9 Å². The fourth-order valence-electron chi connectivity index (χ4n) is 6.39. The molecule has 7 atom stereocenters. The SMILES string of the molecule is CCOC(=O)C[C@H]1C[C@H]2C[C@@H](/C1=N/O)C2(C)C.CCOC(=O)C[C@H]1C[C@H]2C[C@@H](C1=O)C2C. The van der Waals surface area contributed by atoms with Gasteiger partial charge in [-0.1, -0.05) is 25.9 Å². The number of Topliss-reactive ketones (excluding diaryl/α,β-unsaturated/α-hetero) is 1. The molecule has 7 heteroatoms. The summed E-state index contributed by atoms with van der Waals surface area (Å²) in [5.41, 5.74) is 1.04. The molecule has 6 aliphatic rings. The van der Waals surface area contributed by atoms with E-state index in [0.29, 0.717) is 55.5 Å². The lowest BCUT2D eigenvalue weighted by Gasteiger charge is -2.58. The van der Waals surface area contributed by atoms with E-state index in [0.717, 1.165) is 31.4 Å². The van der Waals surface area contributed by atoms with E-state index in [1.54, 1.807) is 13.8 Å². The number of fused-ring (bicyclic) bond motifs is 4. The highest BCUT2D eigenvalue weighted by Gasteiger charge is 2.56. The minimum absolute atomic E-state index is 0.0519. The Kier molecular flexibility index (Phi) is 7.66. The van der Waals surface area contributed by atoms with Crippen LogP contribution in [0.4, 0.5) is 0 Å². The second-order valence-electron chi connectivity index (χ2n) is 10.6. The number of oxime groups is 1. The van der Waals surface area contributed by atoms with Crippen LogP contribution in [0.2, 0.25) is 0 Å². The Labute approximate surface area is 191 Å². The number of hydrogen-bond acceptors (Lipinski definition) is 7. The van der Waals surface area contributed by atoms with E-state index in [1.807, 2.05) is 0 Å². The summed E-state index contributed by atoms with van der Waals surface area (Å²) in [6.45, 7) is 11.0. The Morgan fingerprint density at radius 3 is 2.06 bits per heavy atom. The molecule has 32 heavy (non-hydrogen) atoms. The third-order valence-corrected chi connectivity index (χ3v) is 8.66. The number of esters is 2. The van der Waals surface area contributed by atoms with Gasteiger partial charge in [-0.05, 0) is 62.7 Å². The number of carbonyl (C=O) groups excluding carboxylic acids is 3. The fourth-order valence-corrected chi connectivity index (χ4v) is 6.39. The number of rotatable bonds is 6. The number of carbonyl (C=O) groups is 3. The second-order valence-corrected chi connectivity index (χ2v) is 10.6. The number of ketones is 1. The van der Waals surface area contributed by atoms with Crippen molar-refractivity contribution in [3.05, 3.63) is 0 Å². The predicted octanol–water partition coefficient (Wildman–Crippen LogP) is 4.25. The molecular formula is C25H39NO6. The third-order valence-electron chi connectivity index (χ3n) is 8.66. The first-order chi connectivity index (χ1) is 15.1. The Morgan fingerprint density at radius 1 is 1.00 bits per heavy atom. The summed E-state index contributed by atoms with van der Waals surface area (Å²) in [5.74, 6) is 2.38. The van der Waals surface area contributed by atoms with Crippen molar-refractivity contribution in [3.8, 4) is 0 Å². The molecule has 1 N–H and O–H groups in total. The number of hydrogen-bond donors (Lipinski definition) is 1. The highest BCUT2D eigenvalue weighted by atomic mass is 16.5. The van der Waals surface area contributed by atoms with Crippen molar-refractivity contribution < 1.29 is 29.1 Å². The van der Waals surface area contributed by atoms with Gasteiger partial charge in [0.05, 0.1) is 31.8 Å². The second kappa shape index (κ2) is 9.92. The van der Waals surface area contributed by atoms with Crippen molar-refractivity contribution in [3.63, 3.8) is 0 Å². The van der Waals surface area contributed by atoms with Gasteiger partial charge in [-0.15, -0.1) is 0 Å². The van der Waals surface area contributed by atoms with Crippen molar-refractivity contribution in [2.45, 2.75) is 73.1 Å². The molecule has 180 valence electrons. The van der Waals surface area contributed by atoms with Crippen LogP contribution in [0.3, 0.4) is 0 Å². The van der Waals surface area contributed by atoms with Crippen LogP contribution in [0.1, 0.15) is 73.1 Å². The van der Waals surface area contributed by atoms with E-state index in [2.05, 4.69) is 25.9 Å². The van der Waals surface area contributed by atoms with Crippen LogP contribution in [-0.4, -0.2) is 41.9 Å². The fraction of sp³-hybridized carbons (Fsp3) is 0.840. The van der Waals surface area contributed by atoms with E-state index in [1.165, 1.54) is 0 Å². The van der Waals surface area contributed by atoms with Gasteiger partial charge >= 0.3 is 11.9 Å². The average Bonchev–Trinajstić information content (AvgIpc) is 2.74. The molecule has 0 saturated heterocycles. The van der Waals surface area contributed by atoms with Gasteiger partial charge in [-0.25, -0.2) is 0 Å². The van der Waals surface area contributed by atoms with Gasteiger partial charge in [-0.2, -0.15) is 0 Å². The molecule has 0 aromatic rings. The number of ether oxygens (including phenoxy) is 2. The van der Waals surface area contributed by atoms with Crippen LogP contribution in [0.5, 0.6) is 0 Å². The van der Waals surface area contributed by atoms with E-state index in [-0.39, 0.29) is 35.1 Å². The van der Waals surface area contributed by atoms with Crippen LogP contribution >= 0.6 is 0 Å². The quantitative estimate of drug-likeness (QED) is 0.369. The molecule has 4 bridgehead atoms. The van der Waals surface area contributed by atoms with Crippen molar-refractivity contribution in [1.29, 1.82) is 0 Å². The Morgan fingerprint density at radius 2 is 1.59 bits per heavy atom. The topological polar surface area (TPSA) is 102 Å². The first kappa shape index (κ1) is 24.7. The molecule has 0 aliphatic heterocycles. The average molecular weight is 450 g/mol. The van der Waals surface area contributed by atoms with Gasteiger partial charge in [0.15, 0.2) is 0 Å². The molecule has 6 aliphatic carbocycles. The molecule has 6 saturated carbocycles. The normalized spacial score (nSPS) is 37.3. The lowest BCUT2D eigenvalue weighted by molar-refractivity contribution is -0.153. The van der Waals surface area contributed by atoms with Crippen LogP contribution in [0.15, 0.2) is 5.16 Å². The van der Waals surface area contributed by atoms with Gasteiger partial charge in [0, 0.05) is 23.7 Å². The molecule has 0 aromatic carbocycles. The monoisotopic (exact) mass is 449 g/mol. The molecule has 0 spiro atoms. The lowest BCUT2D eigenvalue weighted by Crippen LogP contribution is -2.56. The summed E-state index contributed by atoms with van der Waals surface area (Å²) in [6, 6.07) is 0. The molecule has 6 rings (SSSR count). The lowest BCUT2D eigenvalue weighted by atomic mass is 9.46. The standard InChI is InChI=1S/C13H21NO3.C12H18O3/c1-4-17-11(15)6-8-5-9-7-10(12(8)14-16)13(9,2)3;1-3-15-11(13)6-9-4-8-5-10(7(8)2)12(9)14/h8-10,16H,4-7H2,1-3H3;7-10H,3-6H2,1-2H3/b14-12+;/t8-,9+,10+;7?,8-,9+,10+/m10/s1. The van der Waals surface area contributed by atoms with Gasteiger partial charge in [0.25, 0.3) is 0 Å². The van der Waals surface area contributed by atoms with Gasteiger partial charge in [0.2, 0.25) is 0 Å². The number of nitrogens with zero attached hydrogens (tertiary/aromatic N) is 1. The van der Waals surface area contributed by atoms with Crippen LogP contribution in [0, 0.1) is 46.8 Å². The molecule has 0 heterocycles.